The van der Waals surface area contributed by atoms with Crippen molar-refractivity contribution in [1.82, 2.24) is 9.80 Å². The van der Waals surface area contributed by atoms with Crippen LogP contribution in [-0.4, -0.2) is 74.8 Å². The second-order valence-corrected chi connectivity index (χ2v) is 8.07. The molecule has 1 aliphatic rings. The van der Waals surface area contributed by atoms with E-state index >= 15 is 0 Å². The lowest BCUT2D eigenvalue weighted by Gasteiger charge is -2.36. The average molecular weight is 414 g/mol. The van der Waals surface area contributed by atoms with Crippen molar-refractivity contribution in [3.05, 3.63) is 54.1 Å². The highest BCUT2D eigenvalue weighted by molar-refractivity contribution is 8.00. The molecule has 1 saturated heterocycles. The highest BCUT2D eigenvalue weighted by Crippen LogP contribution is 2.25. The molecular weight excluding hydrogens is 386 g/mol. The highest BCUT2D eigenvalue weighted by atomic mass is 32.2. The van der Waals surface area contributed by atoms with Crippen molar-refractivity contribution in [2.45, 2.75) is 4.90 Å². The molecule has 6 nitrogen and oxygen atoms in total. The van der Waals surface area contributed by atoms with Crippen molar-refractivity contribution in [1.29, 1.82) is 0 Å². The molecule has 0 saturated carbocycles. The number of piperazine rings is 1. The summed E-state index contributed by atoms with van der Waals surface area (Å²) in [6.45, 7) is 2.90. The quantitative estimate of drug-likeness (QED) is 0.682. The van der Waals surface area contributed by atoms with Gasteiger partial charge in [0.1, 0.15) is 5.75 Å². The zero-order valence-electron chi connectivity index (χ0n) is 17.1. The zero-order valence-corrected chi connectivity index (χ0v) is 17.9. The van der Waals surface area contributed by atoms with Crippen LogP contribution in [0.15, 0.2) is 53.4 Å². The molecule has 0 spiro atoms. The Kier molecular flexibility index (Phi) is 7.04. The van der Waals surface area contributed by atoms with Crippen molar-refractivity contribution < 1.29 is 14.3 Å². The SMILES string of the molecule is COc1ccc(N2CCN(C(=O)c3ccccc3SCC(=O)N(C)C)CC2)cc1. The van der Waals surface area contributed by atoms with Crippen LogP contribution in [0, 0.1) is 0 Å². The van der Waals surface area contributed by atoms with Gasteiger partial charge in [0.15, 0.2) is 0 Å². The molecule has 29 heavy (non-hydrogen) atoms. The van der Waals surface area contributed by atoms with E-state index in [-0.39, 0.29) is 11.8 Å². The van der Waals surface area contributed by atoms with Gasteiger partial charge in [-0.1, -0.05) is 12.1 Å². The van der Waals surface area contributed by atoms with E-state index in [1.54, 1.807) is 26.1 Å². The Hall–Kier alpha value is -2.67. The van der Waals surface area contributed by atoms with Gasteiger partial charge < -0.3 is 19.4 Å². The molecule has 0 aliphatic carbocycles. The van der Waals surface area contributed by atoms with E-state index in [9.17, 15) is 9.59 Å². The van der Waals surface area contributed by atoms with Gasteiger partial charge in [0.2, 0.25) is 5.91 Å². The van der Waals surface area contributed by atoms with Gasteiger partial charge in [-0.25, -0.2) is 0 Å². The third-order valence-corrected chi connectivity index (χ3v) is 6.03. The van der Waals surface area contributed by atoms with Crippen molar-refractivity contribution in [2.75, 3.05) is 58.0 Å². The second kappa shape index (κ2) is 9.69. The maximum atomic E-state index is 13.1. The van der Waals surface area contributed by atoms with Crippen molar-refractivity contribution in [3.63, 3.8) is 0 Å². The van der Waals surface area contributed by atoms with Crippen LogP contribution in [0.1, 0.15) is 10.4 Å². The zero-order chi connectivity index (χ0) is 20.8. The number of methoxy groups -OCH3 is 1. The van der Waals surface area contributed by atoms with E-state index in [1.165, 1.54) is 11.8 Å². The highest BCUT2D eigenvalue weighted by Gasteiger charge is 2.24. The molecule has 0 aromatic heterocycles. The summed E-state index contributed by atoms with van der Waals surface area (Å²) in [6, 6.07) is 15.5. The first kappa shape index (κ1) is 21.0. The lowest BCUT2D eigenvalue weighted by atomic mass is 10.1. The van der Waals surface area contributed by atoms with Crippen molar-refractivity contribution >= 4 is 29.3 Å². The number of rotatable bonds is 6. The van der Waals surface area contributed by atoms with Gasteiger partial charge in [0.25, 0.3) is 5.91 Å². The fourth-order valence-corrected chi connectivity index (χ4v) is 4.19. The minimum atomic E-state index is 0.0276. The van der Waals surface area contributed by atoms with Gasteiger partial charge in [-0.05, 0) is 36.4 Å². The Morgan fingerprint density at radius 1 is 1.00 bits per heavy atom. The molecule has 2 aromatic carbocycles. The Balaban J connectivity index is 1.62. The number of benzene rings is 2. The van der Waals surface area contributed by atoms with E-state index in [4.69, 9.17) is 4.74 Å². The molecular formula is C22H27N3O3S. The lowest BCUT2D eigenvalue weighted by Crippen LogP contribution is -2.48. The van der Waals surface area contributed by atoms with E-state index in [0.717, 1.165) is 29.4 Å². The largest absolute Gasteiger partial charge is 0.497 e. The summed E-state index contributed by atoms with van der Waals surface area (Å²) < 4.78 is 5.22. The fraction of sp³-hybridized carbons (Fsp3) is 0.364. The normalized spacial score (nSPS) is 13.9. The third kappa shape index (κ3) is 5.23. The fourth-order valence-electron chi connectivity index (χ4n) is 3.17. The predicted octanol–water partition coefficient (Wildman–Crippen LogP) is 2.84. The van der Waals surface area contributed by atoms with Crippen LogP contribution in [0.25, 0.3) is 0 Å². The summed E-state index contributed by atoms with van der Waals surface area (Å²) in [7, 11) is 5.14. The maximum absolute atomic E-state index is 13.1. The maximum Gasteiger partial charge on any atom is 0.255 e. The number of carbonyl (C=O) groups is 2. The Bertz CT molecular complexity index is 847. The first-order valence-corrected chi connectivity index (χ1v) is 10.6. The molecule has 0 radical (unpaired) electrons. The van der Waals surface area contributed by atoms with Crippen LogP contribution in [0.5, 0.6) is 5.75 Å². The number of nitrogens with zero attached hydrogens (tertiary/aromatic N) is 3. The minimum absolute atomic E-state index is 0.0276. The third-order valence-electron chi connectivity index (χ3n) is 4.97. The molecule has 7 heteroatoms. The molecule has 1 aliphatic heterocycles. The average Bonchev–Trinajstić information content (AvgIpc) is 2.77. The number of carbonyl (C=O) groups excluding carboxylic acids is 2. The molecule has 1 heterocycles. The van der Waals surface area contributed by atoms with Gasteiger partial charge in [-0.15, -0.1) is 11.8 Å². The number of thioether (sulfide) groups is 1. The summed E-state index contributed by atoms with van der Waals surface area (Å²) in [5, 5.41) is 0. The van der Waals surface area contributed by atoms with Gasteiger partial charge in [-0.2, -0.15) is 0 Å². The van der Waals surface area contributed by atoms with Crippen LogP contribution in [0.3, 0.4) is 0 Å². The van der Waals surface area contributed by atoms with Crippen LogP contribution in [0.2, 0.25) is 0 Å². The molecule has 3 rings (SSSR count). The van der Waals surface area contributed by atoms with Gasteiger partial charge in [-0.3, -0.25) is 9.59 Å². The van der Waals surface area contributed by atoms with Crippen molar-refractivity contribution in [2.24, 2.45) is 0 Å². The number of anilines is 1. The number of hydrogen-bond acceptors (Lipinski definition) is 5. The molecule has 2 amide bonds. The van der Waals surface area contributed by atoms with Crippen LogP contribution >= 0.6 is 11.8 Å². The first-order valence-electron chi connectivity index (χ1n) is 9.60. The number of hydrogen-bond donors (Lipinski definition) is 0. The molecule has 154 valence electrons. The summed E-state index contributed by atoms with van der Waals surface area (Å²) in [5.41, 5.74) is 1.80. The van der Waals surface area contributed by atoms with Gasteiger partial charge in [0, 0.05) is 50.9 Å². The monoisotopic (exact) mass is 413 g/mol. The smallest absolute Gasteiger partial charge is 0.255 e. The standard InChI is InChI=1S/C22H27N3O3S/c1-23(2)21(26)16-29-20-7-5-4-6-19(20)22(27)25-14-12-24(13-15-25)17-8-10-18(28-3)11-9-17/h4-11H,12-16H2,1-3H3. The minimum Gasteiger partial charge on any atom is -0.497 e. The van der Waals surface area contributed by atoms with Gasteiger partial charge >= 0.3 is 0 Å². The van der Waals surface area contributed by atoms with Crippen LogP contribution < -0.4 is 9.64 Å². The Morgan fingerprint density at radius 3 is 2.28 bits per heavy atom. The van der Waals surface area contributed by atoms with Crippen LogP contribution in [-0.2, 0) is 4.79 Å². The second-order valence-electron chi connectivity index (χ2n) is 7.05. The lowest BCUT2D eigenvalue weighted by molar-refractivity contribution is -0.125. The molecule has 0 unspecified atom stereocenters. The van der Waals surface area contributed by atoms with E-state index in [1.807, 2.05) is 53.4 Å². The topological polar surface area (TPSA) is 53.1 Å². The first-order chi connectivity index (χ1) is 14.0. The molecule has 2 aromatic rings. The summed E-state index contributed by atoms with van der Waals surface area (Å²) in [5.74, 6) is 1.22. The van der Waals surface area contributed by atoms with E-state index < -0.39 is 0 Å². The summed E-state index contributed by atoms with van der Waals surface area (Å²) >= 11 is 1.42. The Morgan fingerprint density at radius 2 is 1.66 bits per heavy atom. The van der Waals surface area contributed by atoms with Crippen molar-refractivity contribution in [3.8, 4) is 5.75 Å². The number of amides is 2. The van der Waals surface area contributed by atoms with Gasteiger partial charge in [0.05, 0.1) is 18.4 Å². The molecule has 0 atom stereocenters. The van der Waals surface area contributed by atoms with E-state index in [0.29, 0.717) is 24.4 Å². The Labute approximate surface area is 176 Å². The van der Waals surface area contributed by atoms with Crippen LogP contribution in [0.4, 0.5) is 5.69 Å². The molecule has 0 N–H and O–H groups in total. The number of ether oxygens (including phenoxy) is 1. The summed E-state index contributed by atoms with van der Waals surface area (Å²) in [6.07, 6.45) is 0. The molecule has 1 fully saturated rings. The van der Waals surface area contributed by atoms with E-state index in [2.05, 4.69) is 4.90 Å². The summed E-state index contributed by atoms with van der Waals surface area (Å²) in [4.78, 5) is 31.6. The molecule has 0 bridgehead atoms. The predicted molar refractivity (Wildman–Crippen MR) is 117 cm³/mol.